The van der Waals surface area contributed by atoms with Crippen molar-refractivity contribution in [1.29, 1.82) is 0 Å². The molecule has 0 bridgehead atoms. The van der Waals surface area contributed by atoms with Gasteiger partial charge in [0, 0.05) is 25.7 Å². The molecule has 2 N–H and O–H groups in total. The van der Waals surface area contributed by atoms with Crippen molar-refractivity contribution in [2.24, 2.45) is 17.6 Å². The van der Waals surface area contributed by atoms with Gasteiger partial charge in [-0.1, -0.05) is 24.3 Å². The van der Waals surface area contributed by atoms with Crippen LogP contribution in [0.3, 0.4) is 0 Å². The maximum atomic E-state index is 6.21. The molecule has 3 aliphatic rings. The molecule has 19 heavy (non-hydrogen) atoms. The molecule has 2 aliphatic carbocycles. The van der Waals surface area contributed by atoms with Crippen molar-refractivity contribution >= 4 is 0 Å². The van der Waals surface area contributed by atoms with Crippen molar-refractivity contribution in [2.75, 3.05) is 13.1 Å². The summed E-state index contributed by atoms with van der Waals surface area (Å²) in [6.07, 6.45) is 5.39. The molecule has 2 saturated carbocycles. The van der Waals surface area contributed by atoms with E-state index in [1.54, 1.807) is 5.56 Å². The van der Waals surface area contributed by atoms with Gasteiger partial charge in [0.15, 0.2) is 0 Å². The molecule has 3 fully saturated rings. The third-order valence-corrected chi connectivity index (χ3v) is 5.42. The van der Waals surface area contributed by atoms with E-state index in [1.807, 2.05) is 0 Å². The maximum Gasteiger partial charge on any atom is 0.0233 e. The highest BCUT2D eigenvalue weighted by molar-refractivity contribution is 5.28. The number of likely N-dealkylation sites (tertiary alicyclic amines) is 1. The summed E-state index contributed by atoms with van der Waals surface area (Å²) >= 11 is 0. The van der Waals surface area contributed by atoms with E-state index in [1.165, 1.54) is 44.3 Å². The van der Waals surface area contributed by atoms with Crippen LogP contribution in [0.2, 0.25) is 0 Å². The van der Waals surface area contributed by atoms with Crippen LogP contribution < -0.4 is 5.73 Å². The third-order valence-electron chi connectivity index (χ3n) is 5.42. The van der Waals surface area contributed by atoms with E-state index >= 15 is 0 Å². The molecule has 0 spiro atoms. The second-order valence-corrected chi connectivity index (χ2v) is 6.88. The molecule has 3 unspecified atom stereocenters. The van der Waals surface area contributed by atoms with Gasteiger partial charge in [-0.25, -0.2) is 0 Å². The van der Waals surface area contributed by atoms with Gasteiger partial charge in [-0.15, -0.1) is 0 Å². The summed E-state index contributed by atoms with van der Waals surface area (Å²) < 4.78 is 0. The van der Waals surface area contributed by atoms with Crippen LogP contribution in [-0.4, -0.2) is 24.0 Å². The monoisotopic (exact) mass is 256 g/mol. The first-order chi connectivity index (χ1) is 9.29. The van der Waals surface area contributed by atoms with Crippen LogP contribution >= 0.6 is 0 Å². The van der Waals surface area contributed by atoms with Crippen LogP contribution in [0.1, 0.15) is 42.7 Å². The molecule has 1 saturated heterocycles. The summed E-state index contributed by atoms with van der Waals surface area (Å²) in [7, 11) is 0. The molecule has 1 aromatic rings. The molecule has 102 valence electrons. The van der Waals surface area contributed by atoms with Crippen molar-refractivity contribution in [3.63, 3.8) is 0 Å². The smallest absolute Gasteiger partial charge is 0.0233 e. The number of benzene rings is 1. The lowest BCUT2D eigenvalue weighted by Gasteiger charge is -2.18. The van der Waals surface area contributed by atoms with Gasteiger partial charge < -0.3 is 5.73 Å². The zero-order valence-electron chi connectivity index (χ0n) is 11.6. The Morgan fingerprint density at radius 1 is 1.00 bits per heavy atom. The molecule has 0 radical (unpaired) electrons. The number of nitrogens with two attached hydrogens (primary N) is 1. The zero-order chi connectivity index (χ0) is 12.8. The number of rotatable bonds is 3. The standard InChI is InChI=1S/C17H24N2/c18-17-8-7-15-10-19(11-16(15)17)9-12-1-3-13(4-2-12)14-5-6-14/h1-4,14-17H,5-11,18H2. The Labute approximate surface area is 116 Å². The second-order valence-electron chi connectivity index (χ2n) is 6.88. The molecule has 0 amide bonds. The first-order valence-electron chi connectivity index (χ1n) is 7.86. The van der Waals surface area contributed by atoms with E-state index in [-0.39, 0.29) is 0 Å². The second kappa shape index (κ2) is 4.60. The maximum absolute atomic E-state index is 6.21. The van der Waals surface area contributed by atoms with Gasteiger partial charge >= 0.3 is 0 Å². The molecule has 1 aliphatic heterocycles. The highest BCUT2D eigenvalue weighted by atomic mass is 15.2. The van der Waals surface area contributed by atoms with Crippen molar-refractivity contribution < 1.29 is 0 Å². The Morgan fingerprint density at radius 2 is 1.79 bits per heavy atom. The SMILES string of the molecule is NC1CCC2CN(Cc3ccc(C4CC4)cc3)CC12. The molecular formula is C17H24N2. The van der Waals surface area contributed by atoms with Crippen LogP contribution in [0.15, 0.2) is 24.3 Å². The third kappa shape index (κ3) is 2.32. The van der Waals surface area contributed by atoms with Gasteiger partial charge in [-0.2, -0.15) is 0 Å². The number of hydrogen-bond acceptors (Lipinski definition) is 2. The van der Waals surface area contributed by atoms with E-state index in [2.05, 4.69) is 29.2 Å². The summed E-state index contributed by atoms with van der Waals surface area (Å²) in [5.74, 6) is 2.52. The van der Waals surface area contributed by atoms with Gasteiger partial charge in [0.1, 0.15) is 0 Å². The molecule has 1 heterocycles. The van der Waals surface area contributed by atoms with Gasteiger partial charge in [0.05, 0.1) is 0 Å². The van der Waals surface area contributed by atoms with Crippen LogP contribution in [0.4, 0.5) is 0 Å². The van der Waals surface area contributed by atoms with Crippen LogP contribution in [0.25, 0.3) is 0 Å². The Morgan fingerprint density at radius 3 is 2.47 bits per heavy atom. The fourth-order valence-corrected chi connectivity index (χ4v) is 4.10. The van der Waals surface area contributed by atoms with E-state index in [9.17, 15) is 0 Å². The van der Waals surface area contributed by atoms with Crippen LogP contribution in [0, 0.1) is 11.8 Å². The predicted octanol–water partition coefficient (Wildman–Crippen LogP) is 2.73. The number of fused-ring (bicyclic) bond motifs is 1. The summed E-state index contributed by atoms with van der Waals surface area (Å²) in [5.41, 5.74) is 9.22. The van der Waals surface area contributed by atoms with Gasteiger partial charge in [0.25, 0.3) is 0 Å². The van der Waals surface area contributed by atoms with Crippen molar-refractivity contribution in [1.82, 2.24) is 4.90 Å². The fourth-order valence-electron chi connectivity index (χ4n) is 4.10. The lowest BCUT2D eigenvalue weighted by atomic mass is 9.98. The zero-order valence-corrected chi connectivity index (χ0v) is 11.6. The van der Waals surface area contributed by atoms with Gasteiger partial charge in [0.2, 0.25) is 0 Å². The topological polar surface area (TPSA) is 29.3 Å². The Balaban J connectivity index is 1.39. The molecule has 4 rings (SSSR count). The minimum absolute atomic E-state index is 0.465. The van der Waals surface area contributed by atoms with E-state index in [0.29, 0.717) is 6.04 Å². The lowest BCUT2D eigenvalue weighted by Crippen LogP contribution is -2.30. The lowest BCUT2D eigenvalue weighted by molar-refractivity contribution is 0.298. The Bertz CT molecular complexity index is 449. The first kappa shape index (κ1) is 11.9. The minimum atomic E-state index is 0.465. The number of hydrogen-bond donors (Lipinski definition) is 1. The first-order valence-corrected chi connectivity index (χ1v) is 7.86. The van der Waals surface area contributed by atoms with Crippen LogP contribution in [-0.2, 0) is 6.54 Å². The normalized spacial score (nSPS) is 34.7. The highest BCUT2D eigenvalue weighted by Crippen LogP contribution is 2.40. The minimum Gasteiger partial charge on any atom is -0.327 e. The molecule has 3 atom stereocenters. The summed E-state index contributed by atoms with van der Waals surface area (Å²) in [5, 5.41) is 0. The molecular weight excluding hydrogens is 232 g/mol. The van der Waals surface area contributed by atoms with Gasteiger partial charge in [-0.3, -0.25) is 4.90 Å². The summed E-state index contributed by atoms with van der Waals surface area (Å²) in [4.78, 5) is 2.61. The Hall–Kier alpha value is -0.860. The average Bonchev–Trinajstić information content (AvgIpc) is 3.11. The predicted molar refractivity (Wildman–Crippen MR) is 77.9 cm³/mol. The number of nitrogens with zero attached hydrogens (tertiary/aromatic N) is 1. The molecule has 0 aromatic heterocycles. The quantitative estimate of drug-likeness (QED) is 0.901. The van der Waals surface area contributed by atoms with Crippen molar-refractivity contribution in [2.45, 2.75) is 44.2 Å². The fraction of sp³-hybridized carbons (Fsp3) is 0.647. The molecule has 2 heteroatoms. The molecule has 2 nitrogen and oxygen atoms in total. The van der Waals surface area contributed by atoms with E-state index in [0.717, 1.165) is 24.3 Å². The van der Waals surface area contributed by atoms with E-state index in [4.69, 9.17) is 5.73 Å². The van der Waals surface area contributed by atoms with Crippen LogP contribution in [0.5, 0.6) is 0 Å². The largest absolute Gasteiger partial charge is 0.327 e. The van der Waals surface area contributed by atoms with E-state index < -0.39 is 0 Å². The average molecular weight is 256 g/mol. The van der Waals surface area contributed by atoms with Crippen molar-refractivity contribution in [3.8, 4) is 0 Å². The summed E-state index contributed by atoms with van der Waals surface area (Å²) in [6.45, 7) is 3.60. The Kier molecular flexibility index (Phi) is 2.89. The molecule has 1 aromatic carbocycles. The van der Waals surface area contributed by atoms with Crippen molar-refractivity contribution in [3.05, 3.63) is 35.4 Å². The van der Waals surface area contributed by atoms with Gasteiger partial charge in [-0.05, 0) is 54.6 Å². The summed E-state index contributed by atoms with van der Waals surface area (Å²) in [6, 6.07) is 9.82. The highest BCUT2D eigenvalue weighted by Gasteiger charge is 2.40.